The van der Waals surface area contributed by atoms with Crippen LogP contribution in [0.25, 0.3) is 0 Å². The lowest BCUT2D eigenvalue weighted by Crippen LogP contribution is -2.27. The van der Waals surface area contributed by atoms with Crippen LogP contribution in [0, 0.1) is 5.92 Å². The largest absolute Gasteiger partial charge is 0.495 e. The molecule has 0 radical (unpaired) electrons. The number of methoxy groups -OCH3 is 1. The highest BCUT2D eigenvalue weighted by atomic mass is 79.9. The van der Waals surface area contributed by atoms with E-state index in [0.717, 1.165) is 41.8 Å². The Kier molecular flexibility index (Phi) is 3.99. The first-order valence-electron chi connectivity index (χ1n) is 7.08. The van der Waals surface area contributed by atoms with Gasteiger partial charge in [-0.15, -0.1) is 0 Å². The van der Waals surface area contributed by atoms with Crippen molar-refractivity contribution in [2.75, 3.05) is 31.6 Å². The molecule has 1 atom stereocenters. The van der Waals surface area contributed by atoms with E-state index >= 15 is 0 Å². The highest BCUT2D eigenvalue weighted by molar-refractivity contribution is 9.10. The molecule has 1 saturated heterocycles. The van der Waals surface area contributed by atoms with Crippen LogP contribution in [-0.4, -0.2) is 32.8 Å². The predicted molar refractivity (Wildman–Crippen MR) is 82.0 cm³/mol. The minimum Gasteiger partial charge on any atom is -0.495 e. The summed E-state index contributed by atoms with van der Waals surface area (Å²) in [5.74, 6) is 1.74. The molecule has 0 aromatic heterocycles. The van der Waals surface area contributed by atoms with Crippen LogP contribution in [0.2, 0.25) is 0 Å². The van der Waals surface area contributed by atoms with Crippen molar-refractivity contribution in [1.29, 1.82) is 0 Å². The molecule has 4 heteroatoms. The van der Waals surface area contributed by atoms with Gasteiger partial charge in [-0.25, -0.2) is 0 Å². The molecule has 1 N–H and O–H groups in total. The normalized spacial score (nSPS) is 22.8. The minimum absolute atomic E-state index is 0.768. The van der Waals surface area contributed by atoms with Crippen LogP contribution < -0.4 is 15.0 Å². The molecule has 1 aromatic rings. The Morgan fingerprint density at radius 1 is 1.37 bits per heavy atom. The van der Waals surface area contributed by atoms with Gasteiger partial charge < -0.3 is 15.0 Å². The second kappa shape index (κ2) is 5.71. The Bertz CT molecular complexity index is 448. The highest BCUT2D eigenvalue weighted by Crippen LogP contribution is 2.34. The Morgan fingerprint density at radius 3 is 2.95 bits per heavy atom. The average Bonchev–Trinajstić information content (AvgIpc) is 3.13. The molecule has 1 aromatic carbocycles. The molecule has 104 valence electrons. The van der Waals surface area contributed by atoms with Gasteiger partial charge in [-0.2, -0.15) is 0 Å². The molecule has 19 heavy (non-hydrogen) atoms. The Morgan fingerprint density at radius 2 is 2.21 bits per heavy atom. The molecular formula is C15H21BrN2O. The third kappa shape index (κ3) is 3.23. The van der Waals surface area contributed by atoms with Crippen LogP contribution in [-0.2, 0) is 0 Å². The standard InChI is InChI=1S/C15H21BrN2O/c1-19-15-5-2-12(16)8-14(15)18-7-6-11(10-18)9-17-13-3-4-13/h2,5,8,11,13,17H,3-4,6-7,9-10H2,1H3. The van der Waals surface area contributed by atoms with Crippen molar-refractivity contribution in [1.82, 2.24) is 5.32 Å². The summed E-state index contributed by atoms with van der Waals surface area (Å²) in [4.78, 5) is 2.45. The maximum Gasteiger partial charge on any atom is 0.142 e. The molecule has 1 aliphatic carbocycles. The molecule has 1 heterocycles. The van der Waals surface area contributed by atoms with E-state index in [2.05, 4.69) is 32.2 Å². The molecule has 0 amide bonds. The SMILES string of the molecule is COc1ccc(Br)cc1N1CCC(CNC2CC2)C1. The number of nitrogens with one attached hydrogen (secondary N) is 1. The molecule has 0 spiro atoms. The van der Waals surface area contributed by atoms with Gasteiger partial charge in [-0.3, -0.25) is 0 Å². The first kappa shape index (κ1) is 13.3. The van der Waals surface area contributed by atoms with E-state index in [9.17, 15) is 0 Å². The Labute approximate surface area is 123 Å². The van der Waals surface area contributed by atoms with E-state index in [1.807, 2.05) is 12.1 Å². The van der Waals surface area contributed by atoms with Gasteiger partial charge in [-0.05, 0) is 49.9 Å². The van der Waals surface area contributed by atoms with Gasteiger partial charge in [0, 0.05) is 23.6 Å². The Hall–Kier alpha value is -0.740. The van der Waals surface area contributed by atoms with Crippen LogP contribution in [0.5, 0.6) is 5.75 Å². The molecule has 0 bridgehead atoms. The van der Waals surface area contributed by atoms with E-state index in [4.69, 9.17) is 4.74 Å². The van der Waals surface area contributed by atoms with Crippen molar-refractivity contribution in [2.24, 2.45) is 5.92 Å². The molecule has 2 fully saturated rings. The summed E-state index contributed by atoms with van der Waals surface area (Å²) in [5.41, 5.74) is 1.21. The number of hydrogen-bond donors (Lipinski definition) is 1. The van der Waals surface area contributed by atoms with E-state index in [0.29, 0.717) is 0 Å². The summed E-state index contributed by atoms with van der Waals surface area (Å²) in [6.45, 7) is 3.42. The summed E-state index contributed by atoms with van der Waals surface area (Å²) < 4.78 is 6.59. The number of nitrogens with zero attached hydrogens (tertiary/aromatic N) is 1. The van der Waals surface area contributed by atoms with Crippen molar-refractivity contribution in [3.8, 4) is 5.75 Å². The van der Waals surface area contributed by atoms with Gasteiger partial charge in [0.2, 0.25) is 0 Å². The van der Waals surface area contributed by atoms with E-state index in [-0.39, 0.29) is 0 Å². The number of ether oxygens (including phenoxy) is 1. The molecule has 1 unspecified atom stereocenters. The van der Waals surface area contributed by atoms with E-state index in [1.165, 1.54) is 24.9 Å². The quantitative estimate of drug-likeness (QED) is 0.901. The van der Waals surface area contributed by atoms with Crippen molar-refractivity contribution in [3.05, 3.63) is 22.7 Å². The van der Waals surface area contributed by atoms with Crippen molar-refractivity contribution >= 4 is 21.6 Å². The fourth-order valence-corrected chi connectivity index (χ4v) is 3.10. The molecule has 1 aliphatic heterocycles. The zero-order valence-electron chi connectivity index (χ0n) is 11.4. The number of hydrogen-bond acceptors (Lipinski definition) is 3. The third-order valence-corrected chi connectivity index (χ3v) is 4.53. The second-order valence-corrected chi connectivity index (χ2v) is 6.52. The number of rotatable bonds is 5. The fraction of sp³-hybridized carbons (Fsp3) is 0.600. The summed E-state index contributed by atoms with van der Waals surface area (Å²) in [7, 11) is 1.74. The van der Waals surface area contributed by atoms with Gasteiger partial charge in [0.1, 0.15) is 5.75 Å². The van der Waals surface area contributed by atoms with Crippen LogP contribution in [0.1, 0.15) is 19.3 Å². The second-order valence-electron chi connectivity index (χ2n) is 5.60. The van der Waals surface area contributed by atoms with E-state index in [1.54, 1.807) is 7.11 Å². The van der Waals surface area contributed by atoms with Crippen LogP contribution in [0.3, 0.4) is 0 Å². The number of anilines is 1. The maximum absolute atomic E-state index is 5.48. The fourth-order valence-electron chi connectivity index (χ4n) is 2.75. The highest BCUT2D eigenvalue weighted by Gasteiger charge is 2.27. The first-order chi connectivity index (χ1) is 9.26. The van der Waals surface area contributed by atoms with Crippen molar-refractivity contribution < 1.29 is 4.74 Å². The Balaban J connectivity index is 1.64. The first-order valence-corrected chi connectivity index (χ1v) is 7.87. The zero-order chi connectivity index (χ0) is 13.2. The average molecular weight is 325 g/mol. The lowest BCUT2D eigenvalue weighted by Gasteiger charge is -2.21. The minimum atomic E-state index is 0.768. The van der Waals surface area contributed by atoms with Crippen molar-refractivity contribution in [3.63, 3.8) is 0 Å². The van der Waals surface area contributed by atoms with Crippen molar-refractivity contribution in [2.45, 2.75) is 25.3 Å². The summed E-state index contributed by atoms with van der Waals surface area (Å²) in [6.07, 6.45) is 4.02. The summed E-state index contributed by atoms with van der Waals surface area (Å²) in [5, 5.41) is 3.64. The molecule has 1 saturated carbocycles. The lowest BCUT2D eigenvalue weighted by molar-refractivity contribution is 0.414. The van der Waals surface area contributed by atoms with Gasteiger partial charge >= 0.3 is 0 Å². The van der Waals surface area contributed by atoms with Gasteiger partial charge in [-0.1, -0.05) is 15.9 Å². The molecule has 3 nitrogen and oxygen atoms in total. The maximum atomic E-state index is 5.48. The van der Waals surface area contributed by atoms with E-state index < -0.39 is 0 Å². The summed E-state index contributed by atoms with van der Waals surface area (Å²) in [6, 6.07) is 7.05. The zero-order valence-corrected chi connectivity index (χ0v) is 12.9. The van der Waals surface area contributed by atoms with Crippen LogP contribution in [0.4, 0.5) is 5.69 Å². The summed E-state index contributed by atoms with van der Waals surface area (Å²) >= 11 is 3.55. The monoisotopic (exact) mass is 324 g/mol. The smallest absolute Gasteiger partial charge is 0.142 e. The lowest BCUT2D eigenvalue weighted by atomic mass is 10.1. The molecule has 2 aliphatic rings. The molecular weight excluding hydrogens is 304 g/mol. The number of halogens is 1. The van der Waals surface area contributed by atoms with Gasteiger partial charge in [0.15, 0.2) is 0 Å². The van der Waals surface area contributed by atoms with Gasteiger partial charge in [0.05, 0.1) is 12.8 Å². The topological polar surface area (TPSA) is 24.5 Å². The van der Waals surface area contributed by atoms with Crippen LogP contribution in [0.15, 0.2) is 22.7 Å². The van der Waals surface area contributed by atoms with Crippen LogP contribution >= 0.6 is 15.9 Å². The number of benzene rings is 1. The third-order valence-electron chi connectivity index (χ3n) is 4.04. The molecule has 3 rings (SSSR count). The van der Waals surface area contributed by atoms with Gasteiger partial charge in [0.25, 0.3) is 0 Å². The predicted octanol–water partition coefficient (Wildman–Crippen LogP) is 3.04.